The monoisotopic (exact) mass is 313 g/mol. The minimum Gasteiger partial charge on any atom is -0.384 e. The summed E-state index contributed by atoms with van der Waals surface area (Å²) in [6, 6.07) is -0.475. The van der Waals surface area contributed by atoms with E-state index >= 15 is 0 Å². The highest BCUT2D eigenvalue weighted by Crippen LogP contribution is 2.10. The second-order valence-electron chi connectivity index (χ2n) is 4.38. The topological polar surface area (TPSA) is 95.1 Å². The molecule has 0 saturated carbocycles. The number of amides is 1. The Kier molecular flexibility index (Phi) is 5.29. The number of methoxy groups -OCH3 is 1. The minimum absolute atomic E-state index is 0.189. The molecule has 21 heavy (non-hydrogen) atoms. The Morgan fingerprint density at radius 1 is 1.62 bits per heavy atom. The molecule has 0 bridgehead atoms. The van der Waals surface area contributed by atoms with Crippen LogP contribution in [-0.2, 0) is 22.5 Å². The zero-order valence-corrected chi connectivity index (χ0v) is 12.5. The predicted octanol–water partition coefficient (Wildman–Crippen LogP) is 0.986. The SMILES string of the molecule is COCCc1nc(CNC(=O)C(C)n2cc(Cl)cn2)no1. The molecular weight excluding hydrogens is 298 g/mol. The van der Waals surface area contributed by atoms with Gasteiger partial charge in [0.15, 0.2) is 5.82 Å². The Morgan fingerprint density at radius 2 is 2.43 bits per heavy atom. The van der Waals surface area contributed by atoms with Gasteiger partial charge in [-0.15, -0.1) is 0 Å². The third-order valence-corrected chi connectivity index (χ3v) is 2.99. The van der Waals surface area contributed by atoms with Crippen LogP contribution in [0, 0.1) is 0 Å². The lowest BCUT2D eigenvalue weighted by Gasteiger charge is -2.11. The van der Waals surface area contributed by atoms with Gasteiger partial charge in [0.2, 0.25) is 11.8 Å². The number of nitrogens with zero attached hydrogens (tertiary/aromatic N) is 4. The van der Waals surface area contributed by atoms with E-state index in [1.807, 2.05) is 0 Å². The maximum absolute atomic E-state index is 12.0. The zero-order valence-electron chi connectivity index (χ0n) is 11.7. The van der Waals surface area contributed by atoms with Crippen LogP contribution in [0.1, 0.15) is 24.7 Å². The van der Waals surface area contributed by atoms with E-state index in [1.165, 1.54) is 10.9 Å². The van der Waals surface area contributed by atoms with Crippen molar-refractivity contribution >= 4 is 17.5 Å². The van der Waals surface area contributed by atoms with Crippen LogP contribution in [0.2, 0.25) is 5.02 Å². The molecule has 8 nitrogen and oxygen atoms in total. The van der Waals surface area contributed by atoms with Crippen LogP contribution in [0.3, 0.4) is 0 Å². The van der Waals surface area contributed by atoms with Crippen LogP contribution in [0.15, 0.2) is 16.9 Å². The van der Waals surface area contributed by atoms with Gasteiger partial charge in [-0.1, -0.05) is 16.8 Å². The molecular formula is C12H16ClN5O3. The van der Waals surface area contributed by atoms with Crippen molar-refractivity contribution in [2.45, 2.75) is 25.9 Å². The Bertz CT molecular complexity index is 597. The second kappa shape index (κ2) is 7.19. The minimum atomic E-state index is -0.475. The normalized spacial score (nSPS) is 12.3. The van der Waals surface area contributed by atoms with Gasteiger partial charge in [-0.3, -0.25) is 9.48 Å². The Hall–Kier alpha value is -1.93. The van der Waals surface area contributed by atoms with E-state index in [4.69, 9.17) is 20.9 Å². The Labute approximate surface area is 126 Å². The quantitative estimate of drug-likeness (QED) is 0.819. The van der Waals surface area contributed by atoms with Crippen LogP contribution < -0.4 is 5.32 Å². The molecule has 2 aromatic rings. The smallest absolute Gasteiger partial charge is 0.244 e. The van der Waals surface area contributed by atoms with Gasteiger partial charge in [-0.05, 0) is 6.92 Å². The van der Waals surface area contributed by atoms with E-state index < -0.39 is 6.04 Å². The highest BCUT2D eigenvalue weighted by Gasteiger charge is 2.16. The van der Waals surface area contributed by atoms with Crippen molar-refractivity contribution in [3.05, 3.63) is 29.1 Å². The molecule has 1 atom stereocenters. The summed E-state index contributed by atoms with van der Waals surface area (Å²) in [4.78, 5) is 16.1. The van der Waals surface area contributed by atoms with E-state index in [-0.39, 0.29) is 12.5 Å². The molecule has 0 radical (unpaired) electrons. The lowest BCUT2D eigenvalue weighted by Crippen LogP contribution is -2.31. The van der Waals surface area contributed by atoms with Crippen LogP contribution in [0.25, 0.3) is 0 Å². The van der Waals surface area contributed by atoms with Crippen molar-refractivity contribution in [3.63, 3.8) is 0 Å². The Balaban J connectivity index is 1.84. The number of ether oxygens (including phenoxy) is 1. The average molecular weight is 314 g/mol. The first-order chi connectivity index (χ1) is 10.1. The fourth-order valence-corrected chi connectivity index (χ4v) is 1.76. The maximum Gasteiger partial charge on any atom is 0.244 e. The van der Waals surface area contributed by atoms with Gasteiger partial charge in [-0.2, -0.15) is 10.1 Å². The number of hydrogen-bond acceptors (Lipinski definition) is 6. The molecule has 0 saturated heterocycles. The molecule has 2 rings (SSSR count). The lowest BCUT2D eigenvalue weighted by atomic mass is 10.3. The number of carbonyl (C=O) groups is 1. The summed E-state index contributed by atoms with van der Waals surface area (Å²) in [5, 5.41) is 11.0. The number of aromatic nitrogens is 4. The van der Waals surface area contributed by atoms with Crippen molar-refractivity contribution in [1.29, 1.82) is 0 Å². The van der Waals surface area contributed by atoms with Crippen molar-refractivity contribution in [1.82, 2.24) is 25.2 Å². The summed E-state index contributed by atoms with van der Waals surface area (Å²) in [5.74, 6) is 0.686. The third kappa shape index (κ3) is 4.27. The van der Waals surface area contributed by atoms with E-state index in [0.717, 1.165) is 0 Å². The predicted molar refractivity (Wildman–Crippen MR) is 73.7 cm³/mol. The second-order valence-corrected chi connectivity index (χ2v) is 4.82. The molecule has 1 N–H and O–H groups in total. The number of halogens is 1. The first-order valence-electron chi connectivity index (χ1n) is 6.38. The number of nitrogens with one attached hydrogen (secondary N) is 1. The average Bonchev–Trinajstić information content (AvgIpc) is 3.10. The molecule has 0 fully saturated rings. The van der Waals surface area contributed by atoms with Gasteiger partial charge < -0.3 is 14.6 Å². The molecule has 0 aliphatic carbocycles. The van der Waals surface area contributed by atoms with E-state index in [1.54, 1.807) is 20.2 Å². The largest absolute Gasteiger partial charge is 0.384 e. The molecule has 0 spiro atoms. The summed E-state index contributed by atoms with van der Waals surface area (Å²) in [5.41, 5.74) is 0. The third-order valence-electron chi connectivity index (χ3n) is 2.80. The van der Waals surface area contributed by atoms with Gasteiger partial charge >= 0.3 is 0 Å². The summed E-state index contributed by atoms with van der Waals surface area (Å²) in [6.07, 6.45) is 3.61. The summed E-state index contributed by atoms with van der Waals surface area (Å²) in [7, 11) is 1.60. The van der Waals surface area contributed by atoms with E-state index in [9.17, 15) is 4.79 Å². The van der Waals surface area contributed by atoms with Gasteiger partial charge in [-0.25, -0.2) is 0 Å². The summed E-state index contributed by atoms with van der Waals surface area (Å²) in [6.45, 7) is 2.42. The highest BCUT2D eigenvalue weighted by atomic mass is 35.5. The van der Waals surface area contributed by atoms with Crippen LogP contribution in [-0.4, -0.2) is 39.5 Å². The molecule has 0 aromatic carbocycles. The molecule has 0 aliphatic rings. The molecule has 114 valence electrons. The molecule has 9 heteroatoms. The lowest BCUT2D eigenvalue weighted by molar-refractivity contribution is -0.124. The van der Waals surface area contributed by atoms with Crippen molar-refractivity contribution < 1.29 is 14.1 Å². The van der Waals surface area contributed by atoms with Crippen LogP contribution >= 0.6 is 11.6 Å². The van der Waals surface area contributed by atoms with E-state index in [2.05, 4.69) is 20.6 Å². The van der Waals surface area contributed by atoms with Crippen molar-refractivity contribution in [2.24, 2.45) is 0 Å². The molecule has 2 heterocycles. The summed E-state index contributed by atoms with van der Waals surface area (Å²) >= 11 is 5.77. The van der Waals surface area contributed by atoms with Crippen molar-refractivity contribution in [3.8, 4) is 0 Å². The zero-order chi connectivity index (χ0) is 15.2. The fourth-order valence-electron chi connectivity index (χ4n) is 1.61. The molecule has 2 aromatic heterocycles. The van der Waals surface area contributed by atoms with Crippen LogP contribution in [0.5, 0.6) is 0 Å². The first kappa shape index (κ1) is 15.5. The maximum atomic E-state index is 12.0. The van der Waals surface area contributed by atoms with Gasteiger partial charge in [0.1, 0.15) is 6.04 Å². The molecule has 0 aliphatic heterocycles. The molecule has 1 amide bonds. The summed E-state index contributed by atoms with van der Waals surface area (Å²) < 4.78 is 11.4. The Morgan fingerprint density at radius 3 is 3.10 bits per heavy atom. The number of hydrogen-bond donors (Lipinski definition) is 1. The number of carbonyl (C=O) groups excluding carboxylic acids is 1. The number of rotatable bonds is 7. The van der Waals surface area contributed by atoms with Gasteiger partial charge in [0.25, 0.3) is 0 Å². The van der Waals surface area contributed by atoms with Gasteiger partial charge in [0.05, 0.1) is 30.8 Å². The van der Waals surface area contributed by atoms with E-state index in [0.29, 0.717) is 29.8 Å². The standard InChI is InChI=1S/C12H16ClN5O3/c1-8(18-7-9(13)5-15-18)12(19)14-6-10-16-11(21-17-10)3-4-20-2/h5,7-8H,3-4,6H2,1-2H3,(H,14,19). The van der Waals surface area contributed by atoms with Gasteiger partial charge in [0, 0.05) is 13.3 Å². The van der Waals surface area contributed by atoms with Crippen molar-refractivity contribution in [2.75, 3.05) is 13.7 Å². The van der Waals surface area contributed by atoms with Crippen LogP contribution in [0.4, 0.5) is 0 Å². The first-order valence-corrected chi connectivity index (χ1v) is 6.75. The fraction of sp³-hybridized carbons (Fsp3) is 0.500. The highest BCUT2D eigenvalue weighted by molar-refractivity contribution is 6.30. The molecule has 1 unspecified atom stereocenters.